The van der Waals surface area contributed by atoms with Crippen LogP contribution in [0.2, 0.25) is 5.02 Å². The lowest BCUT2D eigenvalue weighted by atomic mass is 10.1. The number of amides is 1. The second-order valence-corrected chi connectivity index (χ2v) is 5.42. The fraction of sp³-hybridized carbons (Fsp3) is 0.462. The Morgan fingerprint density at radius 2 is 2.29 bits per heavy atom. The molecule has 0 spiro atoms. The average Bonchev–Trinajstić information content (AvgIpc) is 2.27. The summed E-state index contributed by atoms with van der Waals surface area (Å²) >= 11 is 9.25. The first-order chi connectivity index (χ1) is 8.11. The van der Waals surface area contributed by atoms with Gasteiger partial charge in [-0.25, -0.2) is 0 Å². The van der Waals surface area contributed by atoms with Gasteiger partial charge in [0.2, 0.25) is 5.91 Å². The highest BCUT2D eigenvalue weighted by atomic mass is 79.9. The van der Waals surface area contributed by atoms with Crippen molar-refractivity contribution in [1.29, 1.82) is 0 Å². The largest absolute Gasteiger partial charge is 0.356 e. The van der Waals surface area contributed by atoms with E-state index < -0.39 is 0 Å². The Balaban J connectivity index is 2.34. The molecule has 1 atom stereocenters. The summed E-state index contributed by atoms with van der Waals surface area (Å²) in [5, 5.41) is 4.57. The molecule has 94 valence electrons. The van der Waals surface area contributed by atoms with E-state index in [4.69, 9.17) is 11.6 Å². The number of alkyl halides is 1. The Morgan fingerprint density at radius 1 is 1.53 bits per heavy atom. The summed E-state index contributed by atoms with van der Waals surface area (Å²) in [7, 11) is 0. The molecule has 0 radical (unpaired) electrons. The lowest BCUT2D eigenvalue weighted by Crippen LogP contribution is -2.29. The van der Waals surface area contributed by atoms with Crippen LogP contribution >= 0.6 is 27.5 Å². The van der Waals surface area contributed by atoms with Crippen molar-refractivity contribution in [2.75, 3.05) is 11.9 Å². The third kappa shape index (κ3) is 6.08. The molecule has 1 unspecified atom stereocenters. The van der Waals surface area contributed by atoms with Gasteiger partial charge in [0.15, 0.2) is 0 Å². The average molecular weight is 319 g/mol. The van der Waals surface area contributed by atoms with Gasteiger partial charge in [0, 0.05) is 16.9 Å². The quantitative estimate of drug-likeness (QED) is 0.800. The molecule has 1 aromatic rings. The van der Waals surface area contributed by atoms with Gasteiger partial charge in [-0.05, 0) is 30.0 Å². The van der Waals surface area contributed by atoms with E-state index in [9.17, 15) is 4.79 Å². The summed E-state index contributed by atoms with van der Waals surface area (Å²) in [4.78, 5) is 11.7. The summed E-state index contributed by atoms with van der Waals surface area (Å²) in [6, 6.07) is 7.40. The van der Waals surface area contributed by atoms with E-state index in [1.807, 2.05) is 18.2 Å². The van der Waals surface area contributed by atoms with Crippen molar-refractivity contribution in [2.24, 2.45) is 5.92 Å². The molecule has 1 aromatic carbocycles. The predicted octanol–water partition coefficient (Wildman–Crippen LogP) is 3.42. The molecule has 0 saturated heterocycles. The van der Waals surface area contributed by atoms with E-state index in [1.54, 1.807) is 6.07 Å². The monoisotopic (exact) mass is 317 g/mol. The first-order valence-corrected chi connectivity index (χ1v) is 7.19. The highest BCUT2D eigenvalue weighted by molar-refractivity contribution is 9.09. The second-order valence-electron chi connectivity index (χ2n) is 4.19. The number of nitrogens with one attached hydrogen (secondary N) is 1. The Kier molecular flexibility index (Phi) is 6.60. The predicted molar refractivity (Wildman–Crippen MR) is 75.7 cm³/mol. The van der Waals surface area contributed by atoms with E-state index in [2.05, 4.69) is 28.2 Å². The van der Waals surface area contributed by atoms with Gasteiger partial charge < -0.3 is 5.32 Å². The third-order valence-electron chi connectivity index (χ3n) is 2.50. The van der Waals surface area contributed by atoms with Gasteiger partial charge in [0.1, 0.15) is 0 Å². The maximum atomic E-state index is 11.7. The molecule has 0 bridgehead atoms. The van der Waals surface area contributed by atoms with Gasteiger partial charge in [-0.3, -0.25) is 4.79 Å². The Labute approximate surface area is 116 Å². The molecule has 2 nitrogen and oxygen atoms in total. The second kappa shape index (κ2) is 7.72. The van der Waals surface area contributed by atoms with Crippen LogP contribution in [0.15, 0.2) is 24.3 Å². The van der Waals surface area contributed by atoms with E-state index in [1.165, 1.54) is 0 Å². The minimum absolute atomic E-state index is 0.0497. The molecular weight excluding hydrogens is 302 g/mol. The molecule has 1 rings (SSSR count). The van der Waals surface area contributed by atoms with E-state index in [-0.39, 0.29) is 5.91 Å². The van der Waals surface area contributed by atoms with Crippen LogP contribution in [0.4, 0.5) is 0 Å². The summed E-state index contributed by atoms with van der Waals surface area (Å²) < 4.78 is 0. The van der Waals surface area contributed by atoms with E-state index in [0.29, 0.717) is 17.4 Å². The zero-order valence-electron chi connectivity index (χ0n) is 9.88. The van der Waals surface area contributed by atoms with Gasteiger partial charge in [0.05, 0.1) is 6.42 Å². The number of carbonyl (C=O) groups is 1. The van der Waals surface area contributed by atoms with Crippen LogP contribution in [0.25, 0.3) is 0 Å². The molecule has 0 aliphatic heterocycles. The van der Waals surface area contributed by atoms with Gasteiger partial charge in [-0.2, -0.15) is 0 Å². The molecule has 0 heterocycles. The van der Waals surface area contributed by atoms with Gasteiger partial charge in [-0.1, -0.05) is 46.6 Å². The Bertz CT molecular complexity index is 370. The third-order valence-corrected chi connectivity index (χ3v) is 3.20. The highest BCUT2D eigenvalue weighted by Crippen LogP contribution is 2.11. The van der Waals surface area contributed by atoms with Crippen LogP contribution < -0.4 is 5.32 Å². The van der Waals surface area contributed by atoms with E-state index >= 15 is 0 Å². The Morgan fingerprint density at radius 3 is 2.94 bits per heavy atom. The maximum absolute atomic E-state index is 11.7. The SMILES string of the molecule is CC(CCBr)CNC(=O)Cc1cccc(Cl)c1. The molecule has 1 amide bonds. The first kappa shape index (κ1) is 14.5. The number of hydrogen-bond donors (Lipinski definition) is 1. The van der Waals surface area contributed by atoms with Gasteiger partial charge >= 0.3 is 0 Å². The summed E-state index contributed by atoms with van der Waals surface area (Å²) in [6.07, 6.45) is 1.46. The molecule has 4 heteroatoms. The summed E-state index contributed by atoms with van der Waals surface area (Å²) in [5.74, 6) is 0.548. The van der Waals surface area contributed by atoms with E-state index in [0.717, 1.165) is 23.9 Å². The molecule has 0 aromatic heterocycles. The molecule has 0 aliphatic carbocycles. The van der Waals surface area contributed by atoms with Crippen molar-refractivity contribution < 1.29 is 4.79 Å². The normalized spacial score (nSPS) is 12.2. The number of carbonyl (C=O) groups excluding carboxylic acids is 1. The summed E-state index contributed by atoms with van der Waals surface area (Å²) in [6.45, 7) is 2.85. The molecule has 0 saturated carbocycles. The van der Waals surface area contributed by atoms with Crippen molar-refractivity contribution in [2.45, 2.75) is 19.8 Å². The minimum Gasteiger partial charge on any atom is -0.356 e. The lowest BCUT2D eigenvalue weighted by molar-refractivity contribution is -0.120. The van der Waals surface area contributed by atoms with Crippen LogP contribution in [0, 0.1) is 5.92 Å². The standard InChI is InChI=1S/C13H17BrClNO/c1-10(5-6-14)9-16-13(17)8-11-3-2-4-12(15)7-11/h2-4,7,10H,5-6,8-9H2,1H3,(H,16,17). The zero-order valence-corrected chi connectivity index (χ0v) is 12.2. The fourth-order valence-electron chi connectivity index (χ4n) is 1.47. The van der Waals surface area contributed by atoms with Crippen LogP contribution in [0.1, 0.15) is 18.9 Å². The van der Waals surface area contributed by atoms with Crippen LogP contribution in [-0.4, -0.2) is 17.8 Å². The molecular formula is C13H17BrClNO. The number of benzene rings is 1. The highest BCUT2D eigenvalue weighted by Gasteiger charge is 2.06. The lowest BCUT2D eigenvalue weighted by Gasteiger charge is -2.11. The van der Waals surface area contributed by atoms with Crippen LogP contribution in [0.5, 0.6) is 0 Å². The topological polar surface area (TPSA) is 29.1 Å². The minimum atomic E-state index is 0.0497. The van der Waals surface area contributed by atoms with Crippen molar-refractivity contribution in [3.05, 3.63) is 34.9 Å². The first-order valence-electron chi connectivity index (χ1n) is 5.69. The van der Waals surface area contributed by atoms with Crippen molar-refractivity contribution in [1.82, 2.24) is 5.32 Å². The van der Waals surface area contributed by atoms with Crippen molar-refractivity contribution in [3.8, 4) is 0 Å². The number of halogens is 2. The van der Waals surface area contributed by atoms with Gasteiger partial charge in [0.25, 0.3) is 0 Å². The zero-order chi connectivity index (χ0) is 12.7. The molecule has 1 N–H and O–H groups in total. The van der Waals surface area contributed by atoms with Gasteiger partial charge in [-0.15, -0.1) is 0 Å². The smallest absolute Gasteiger partial charge is 0.224 e. The van der Waals surface area contributed by atoms with Crippen molar-refractivity contribution >= 4 is 33.4 Å². The van der Waals surface area contributed by atoms with Crippen LogP contribution in [-0.2, 0) is 11.2 Å². The Hall–Kier alpha value is -0.540. The number of hydrogen-bond acceptors (Lipinski definition) is 1. The van der Waals surface area contributed by atoms with Crippen LogP contribution in [0.3, 0.4) is 0 Å². The number of rotatable bonds is 6. The molecule has 17 heavy (non-hydrogen) atoms. The summed E-state index contributed by atoms with van der Waals surface area (Å²) in [5.41, 5.74) is 0.947. The van der Waals surface area contributed by atoms with Crippen molar-refractivity contribution in [3.63, 3.8) is 0 Å². The fourth-order valence-corrected chi connectivity index (χ4v) is 2.47. The molecule has 0 aliphatic rings. The maximum Gasteiger partial charge on any atom is 0.224 e. The molecule has 0 fully saturated rings.